The van der Waals surface area contributed by atoms with Crippen molar-refractivity contribution in [2.75, 3.05) is 17.3 Å². The minimum Gasteiger partial charge on any atom is -0.508 e. The summed E-state index contributed by atoms with van der Waals surface area (Å²) in [6.45, 7) is 4.06. The van der Waals surface area contributed by atoms with E-state index in [1.165, 1.54) is 0 Å². The van der Waals surface area contributed by atoms with Gasteiger partial charge in [-0.3, -0.25) is 0 Å². The number of aromatic hydroxyl groups is 1. The normalized spacial score (nSPS) is 15.3. The predicted molar refractivity (Wildman–Crippen MR) is 163 cm³/mol. The van der Waals surface area contributed by atoms with Crippen LogP contribution in [0.5, 0.6) is 11.5 Å². The summed E-state index contributed by atoms with van der Waals surface area (Å²) in [6, 6.07) is 31.0. The molecule has 0 bridgehead atoms. The molecule has 3 heterocycles. The van der Waals surface area contributed by atoms with E-state index < -0.39 is 6.04 Å². The number of para-hydroxylation sites is 3. The van der Waals surface area contributed by atoms with E-state index in [-0.39, 0.29) is 5.75 Å². The predicted octanol–water partition coefficient (Wildman–Crippen LogP) is 7.00. The lowest BCUT2D eigenvalue weighted by Crippen LogP contribution is -2.46. The number of hydrogen-bond acceptors (Lipinski definition) is 7. The van der Waals surface area contributed by atoms with Crippen LogP contribution in [0.1, 0.15) is 28.4 Å². The number of aliphatic imine (C=N–C) groups is 2. The summed E-state index contributed by atoms with van der Waals surface area (Å²) in [5, 5.41) is 19.6. The Morgan fingerprint density at radius 2 is 1.56 bits per heavy atom. The molecule has 0 unspecified atom stereocenters. The van der Waals surface area contributed by atoms with Crippen molar-refractivity contribution < 1.29 is 9.84 Å². The van der Waals surface area contributed by atoms with E-state index in [0.29, 0.717) is 17.5 Å². The van der Waals surface area contributed by atoms with Gasteiger partial charge >= 0.3 is 0 Å². The number of nitrogens with zero attached hydrogens (tertiary/aromatic N) is 5. The number of benzene rings is 4. The second-order valence-corrected chi connectivity index (χ2v) is 10.1. The fraction of sp³-hybridized carbons (Fsp3) is 0.121. The van der Waals surface area contributed by atoms with Gasteiger partial charge in [0, 0.05) is 16.8 Å². The number of ether oxygens (including phenoxy) is 1. The molecule has 1 aromatic heterocycles. The summed E-state index contributed by atoms with van der Waals surface area (Å²) >= 11 is 0. The third-order valence-corrected chi connectivity index (χ3v) is 7.50. The molecule has 1 atom stereocenters. The Morgan fingerprint density at radius 3 is 2.32 bits per heavy atom. The number of rotatable bonds is 4. The molecule has 0 amide bonds. The molecule has 0 fully saturated rings. The van der Waals surface area contributed by atoms with Crippen LogP contribution >= 0.6 is 0 Å². The summed E-state index contributed by atoms with van der Waals surface area (Å²) in [5.41, 5.74) is 7.14. The van der Waals surface area contributed by atoms with Crippen molar-refractivity contribution in [3.05, 3.63) is 119 Å². The fourth-order valence-electron chi connectivity index (χ4n) is 5.49. The van der Waals surface area contributed by atoms with Gasteiger partial charge in [-0.15, -0.1) is 0 Å². The number of phenolic OH excluding ortho intramolecular Hbond substituents is 1. The van der Waals surface area contributed by atoms with E-state index in [9.17, 15) is 5.11 Å². The van der Waals surface area contributed by atoms with Gasteiger partial charge in [-0.2, -0.15) is 5.10 Å². The highest BCUT2D eigenvalue weighted by atomic mass is 16.5. The number of nitrogens with one attached hydrogen (secondary N) is 1. The van der Waals surface area contributed by atoms with E-state index >= 15 is 0 Å². The van der Waals surface area contributed by atoms with Crippen LogP contribution in [-0.4, -0.2) is 33.7 Å². The quantitative estimate of drug-likeness (QED) is 0.256. The van der Waals surface area contributed by atoms with Gasteiger partial charge in [0.2, 0.25) is 0 Å². The number of phenols is 1. The first kappa shape index (κ1) is 24.7. The number of methoxy groups -OCH3 is 1. The molecule has 0 spiro atoms. The van der Waals surface area contributed by atoms with Crippen molar-refractivity contribution in [1.29, 1.82) is 0 Å². The first-order chi connectivity index (χ1) is 20.0. The average molecular weight is 541 g/mol. The van der Waals surface area contributed by atoms with Crippen molar-refractivity contribution in [3.63, 3.8) is 0 Å². The van der Waals surface area contributed by atoms with Crippen molar-refractivity contribution in [1.82, 2.24) is 9.78 Å². The minimum atomic E-state index is -0.401. The Hall–Kier alpha value is -5.37. The molecule has 0 saturated heterocycles. The first-order valence-electron chi connectivity index (χ1n) is 13.4. The number of aryl methyl sites for hydroxylation is 2. The molecule has 2 aliphatic rings. The van der Waals surface area contributed by atoms with Crippen LogP contribution in [0, 0.1) is 13.8 Å². The summed E-state index contributed by atoms with van der Waals surface area (Å²) in [7, 11) is 1.65. The molecule has 2 aliphatic heterocycles. The summed E-state index contributed by atoms with van der Waals surface area (Å²) in [5.74, 6) is 2.90. The SMILES string of the molecule is COc1ccc(NC2=Nc3ccccc3N3C2=Nc2c(c(C)nn2-c2ccc(C)cc2)[C@@H]3c2ccccc2O)cc1. The van der Waals surface area contributed by atoms with Gasteiger partial charge in [0.05, 0.1) is 35.9 Å². The molecule has 7 rings (SSSR count). The van der Waals surface area contributed by atoms with E-state index in [0.717, 1.165) is 50.9 Å². The molecule has 8 heteroatoms. The highest BCUT2D eigenvalue weighted by molar-refractivity contribution is 6.51. The van der Waals surface area contributed by atoms with E-state index in [4.69, 9.17) is 19.8 Å². The van der Waals surface area contributed by atoms with Crippen molar-refractivity contribution in [2.24, 2.45) is 9.98 Å². The summed E-state index contributed by atoms with van der Waals surface area (Å²) in [4.78, 5) is 12.4. The first-order valence-corrected chi connectivity index (χ1v) is 13.4. The lowest BCUT2D eigenvalue weighted by Gasteiger charge is -2.40. The number of anilines is 2. The second kappa shape index (κ2) is 9.67. The Morgan fingerprint density at radius 1 is 0.829 bits per heavy atom. The largest absolute Gasteiger partial charge is 0.508 e. The Balaban J connectivity index is 1.48. The average Bonchev–Trinajstić information content (AvgIpc) is 3.33. The standard InChI is InChI=1S/C33H28N6O2/c1-20-12-16-23(17-13-20)39-32-29(21(2)37-39)30(25-8-4-7-11-28(25)40)38-27-10-6-5-9-26(27)35-31(33(38)36-32)34-22-14-18-24(41-3)19-15-22/h4-19,30,40H,1-3H3,(H,34,35)/t30-/m0/s1. The monoisotopic (exact) mass is 540 g/mol. The van der Waals surface area contributed by atoms with Crippen molar-refractivity contribution in [2.45, 2.75) is 19.9 Å². The maximum atomic E-state index is 11.2. The zero-order valence-corrected chi connectivity index (χ0v) is 22.9. The molecule has 2 N–H and O–H groups in total. The Bertz CT molecular complexity index is 1840. The van der Waals surface area contributed by atoms with E-state index in [1.54, 1.807) is 13.2 Å². The minimum absolute atomic E-state index is 0.205. The van der Waals surface area contributed by atoms with Gasteiger partial charge in [-0.1, -0.05) is 48.0 Å². The van der Waals surface area contributed by atoms with Crippen LogP contribution in [0.25, 0.3) is 5.69 Å². The highest BCUT2D eigenvalue weighted by Gasteiger charge is 2.42. The maximum absolute atomic E-state index is 11.2. The maximum Gasteiger partial charge on any atom is 0.179 e. The van der Waals surface area contributed by atoms with Crippen molar-refractivity contribution in [3.8, 4) is 17.2 Å². The van der Waals surface area contributed by atoms with Crippen LogP contribution < -0.4 is 15.0 Å². The smallest absolute Gasteiger partial charge is 0.179 e. The van der Waals surface area contributed by atoms with E-state index in [2.05, 4.69) is 29.3 Å². The molecule has 8 nitrogen and oxygen atoms in total. The van der Waals surface area contributed by atoms with Gasteiger partial charge in [0.25, 0.3) is 0 Å². The van der Waals surface area contributed by atoms with Crippen LogP contribution in [-0.2, 0) is 0 Å². The topological polar surface area (TPSA) is 87.3 Å². The number of hydrogen-bond donors (Lipinski definition) is 2. The summed E-state index contributed by atoms with van der Waals surface area (Å²) in [6.07, 6.45) is 0. The number of amidine groups is 2. The zero-order valence-electron chi connectivity index (χ0n) is 22.9. The third-order valence-electron chi connectivity index (χ3n) is 7.50. The Labute approximate surface area is 237 Å². The van der Waals surface area contributed by atoms with Gasteiger partial charge in [0.1, 0.15) is 11.5 Å². The van der Waals surface area contributed by atoms with E-state index in [1.807, 2.05) is 90.5 Å². The number of aromatic nitrogens is 2. The van der Waals surface area contributed by atoms with Crippen molar-refractivity contribution >= 4 is 34.6 Å². The van der Waals surface area contributed by atoms with Gasteiger partial charge < -0.3 is 20.1 Å². The molecule has 202 valence electrons. The fourth-order valence-corrected chi connectivity index (χ4v) is 5.49. The molecule has 41 heavy (non-hydrogen) atoms. The molecule has 4 aromatic carbocycles. The summed E-state index contributed by atoms with van der Waals surface area (Å²) < 4.78 is 7.23. The van der Waals surface area contributed by atoms with Crippen LogP contribution in [0.3, 0.4) is 0 Å². The molecule has 0 radical (unpaired) electrons. The van der Waals surface area contributed by atoms with Gasteiger partial charge in [-0.05, 0) is 68.4 Å². The molecule has 5 aromatic rings. The molecular weight excluding hydrogens is 512 g/mol. The highest BCUT2D eigenvalue weighted by Crippen LogP contribution is 2.49. The van der Waals surface area contributed by atoms with Gasteiger partial charge in [0.15, 0.2) is 17.5 Å². The zero-order chi connectivity index (χ0) is 28.1. The lowest BCUT2D eigenvalue weighted by atomic mass is 9.92. The van der Waals surface area contributed by atoms with Crippen LogP contribution in [0.15, 0.2) is 107 Å². The van der Waals surface area contributed by atoms with Gasteiger partial charge in [-0.25, -0.2) is 14.7 Å². The molecular formula is C33H28N6O2. The van der Waals surface area contributed by atoms with Crippen LogP contribution in [0.4, 0.5) is 22.9 Å². The number of fused-ring (bicyclic) bond motifs is 4. The lowest BCUT2D eigenvalue weighted by molar-refractivity contribution is 0.415. The molecule has 0 aliphatic carbocycles. The second-order valence-electron chi connectivity index (χ2n) is 10.1. The molecule has 0 saturated carbocycles. The van der Waals surface area contributed by atoms with Crippen LogP contribution in [0.2, 0.25) is 0 Å². The third kappa shape index (κ3) is 4.12. The Kier molecular flexibility index (Phi) is 5.82.